The molecule has 1 atom stereocenters. The second-order valence-electron chi connectivity index (χ2n) is 21.3. The first-order chi connectivity index (χ1) is 38.5. The van der Waals surface area contributed by atoms with Crippen molar-refractivity contribution in [2.24, 2.45) is 0 Å². The zero-order valence-corrected chi connectivity index (χ0v) is 50.9. The molecule has 0 fully saturated rings. The van der Waals surface area contributed by atoms with Crippen LogP contribution in [0.2, 0.25) is 0 Å². The van der Waals surface area contributed by atoms with Crippen molar-refractivity contribution >= 4 is 17.9 Å². The second-order valence-corrected chi connectivity index (χ2v) is 21.3. The van der Waals surface area contributed by atoms with Crippen molar-refractivity contribution < 1.29 is 28.6 Å². The highest BCUT2D eigenvalue weighted by atomic mass is 16.6. The second kappa shape index (κ2) is 65.3. The molecular weight excluding hydrogens is 961 g/mol. The molecule has 0 aromatic heterocycles. The van der Waals surface area contributed by atoms with Gasteiger partial charge in [0, 0.05) is 19.3 Å². The molecule has 0 aliphatic carbocycles. The highest BCUT2D eigenvalue weighted by molar-refractivity contribution is 5.71. The van der Waals surface area contributed by atoms with Crippen molar-refractivity contribution in [3.8, 4) is 0 Å². The van der Waals surface area contributed by atoms with Crippen LogP contribution in [-0.4, -0.2) is 37.2 Å². The van der Waals surface area contributed by atoms with Crippen LogP contribution in [-0.2, 0) is 28.6 Å². The van der Waals surface area contributed by atoms with Gasteiger partial charge in [0.25, 0.3) is 0 Å². The van der Waals surface area contributed by atoms with Crippen LogP contribution >= 0.6 is 0 Å². The highest BCUT2D eigenvalue weighted by Crippen LogP contribution is 2.16. The lowest BCUT2D eigenvalue weighted by Gasteiger charge is -2.18. The Morgan fingerprint density at radius 1 is 0.269 bits per heavy atom. The molecule has 0 aromatic rings. The van der Waals surface area contributed by atoms with Crippen molar-refractivity contribution in [1.82, 2.24) is 0 Å². The number of ether oxygens (including phenoxy) is 3. The lowest BCUT2D eigenvalue weighted by Crippen LogP contribution is -2.30. The molecule has 444 valence electrons. The summed E-state index contributed by atoms with van der Waals surface area (Å²) in [5.74, 6) is -0.910. The summed E-state index contributed by atoms with van der Waals surface area (Å²) in [4.78, 5) is 38.2. The van der Waals surface area contributed by atoms with E-state index in [-0.39, 0.29) is 31.1 Å². The van der Waals surface area contributed by atoms with Crippen molar-refractivity contribution in [3.63, 3.8) is 0 Å². The van der Waals surface area contributed by atoms with Crippen LogP contribution in [0.3, 0.4) is 0 Å². The number of hydrogen-bond acceptors (Lipinski definition) is 6. The summed E-state index contributed by atoms with van der Waals surface area (Å²) in [6.07, 6.45) is 90.7. The molecule has 78 heavy (non-hydrogen) atoms. The van der Waals surface area contributed by atoms with E-state index >= 15 is 0 Å². The molecule has 0 rings (SSSR count). The molecule has 1 unspecified atom stereocenters. The fraction of sp³-hybridized carbons (Fsp3) is 0.681. The van der Waals surface area contributed by atoms with Gasteiger partial charge in [-0.15, -0.1) is 0 Å². The maximum absolute atomic E-state index is 12.9. The van der Waals surface area contributed by atoms with Gasteiger partial charge in [0.15, 0.2) is 6.10 Å². The molecule has 0 spiro atoms. The standard InChI is InChI=1S/C72H120O6/c1-4-7-10-13-16-19-22-24-26-28-29-30-31-32-33-34-35-36-37-38-39-40-41-42-43-44-46-47-50-53-56-59-62-65-71(74)77-68-69(67-76-70(73)64-61-58-55-52-49-21-18-15-12-9-6-3)78-72(75)66-63-60-57-54-51-48-45-27-25-23-20-17-14-11-8-5-2/h7,10,15-16,18-19,24,26,29-30,32-33,35-36,38-39,41-42,44,46,69H,4-6,8-9,11-14,17,20-23,25,27-28,31,34,37,40,43,45,47-68H2,1-3H3/b10-7-,18-15-,19-16-,26-24-,30-29-,33-32-,36-35-,39-38-,42-41-,46-44-. The number of carbonyl (C=O) groups is 3. The number of hydrogen-bond donors (Lipinski definition) is 0. The SMILES string of the molecule is CC/C=C\C/C=C\C/C=C\C/C=C\C/C=C\C/C=C\C/C=C\C/C=C\C/C=C\CCCCCCCC(=O)OCC(COC(=O)CCCCCCC/C=C\CCCC)OC(=O)CCCCCCCCCCCCCCCCCC. The Hall–Kier alpha value is -4.19. The van der Waals surface area contributed by atoms with Crippen LogP contribution in [0.25, 0.3) is 0 Å². The van der Waals surface area contributed by atoms with E-state index in [1.54, 1.807) is 0 Å². The number of carbonyl (C=O) groups excluding carboxylic acids is 3. The number of rotatable bonds is 58. The smallest absolute Gasteiger partial charge is 0.306 e. The summed E-state index contributed by atoms with van der Waals surface area (Å²) < 4.78 is 16.9. The van der Waals surface area contributed by atoms with Crippen LogP contribution < -0.4 is 0 Å². The monoisotopic (exact) mass is 1080 g/mol. The van der Waals surface area contributed by atoms with Crippen LogP contribution in [0.1, 0.15) is 297 Å². The predicted molar refractivity (Wildman–Crippen MR) is 339 cm³/mol. The Kier molecular flexibility index (Phi) is 61.8. The van der Waals surface area contributed by atoms with Crippen LogP contribution in [0.5, 0.6) is 0 Å². The fourth-order valence-corrected chi connectivity index (χ4v) is 8.83. The average molecular weight is 1080 g/mol. The fourth-order valence-electron chi connectivity index (χ4n) is 8.83. The van der Waals surface area contributed by atoms with Gasteiger partial charge in [0.05, 0.1) is 0 Å². The topological polar surface area (TPSA) is 78.9 Å². The van der Waals surface area contributed by atoms with Gasteiger partial charge in [0.1, 0.15) is 13.2 Å². The Bertz CT molecular complexity index is 1620. The molecule has 6 nitrogen and oxygen atoms in total. The molecule has 0 amide bonds. The summed E-state index contributed by atoms with van der Waals surface area (Å²) in [7, 11) is 0. The van der Waals surface area contributed by atoms with Gasteiger partial charge in [0.2, 0.25) is 0 Å². The van der Waals surface area contributed by atoms with Gasteiger partial charge in [-0.1, -0.05) is 290 Å². The van der Waals surface area contributed by atoms with Crippen molar-refractivity contribution in [3.05, 3.63) is 122 Å². The maximum Gasteiger partial charge on any atom is 0.306 e. The summed E-state index contributed by atoms with van der Waals surface area (Å²) >= 11 is 0. The largest absolute Gasteiger partial charge is 0.462 e. The van der Waals surface area contributed by atoms with E-state index in [2.05, 4.69) is 142 Å². The van der Waals surface area contributed by atoms with Crippen molar-refractivity contribution in [2.75, 3.05) is 13.2 Å². The van der Waals surface area contributed by atoms with E-state index < -0.39 is 6.10 Å². The van der Waals surface area contributed by atoms with E-state index in [0.29, 0.717) is 19.3 Å². The predicted octanol–water partition coefficient (Wildman–Crippen LogP) is 22.4. The minimum absolute atomic E-state index is 0.0877. The van der Waals surface area contributed by atoms with Crippen LogP contribution in [0.15, 0.2) is 122 Å². The van der Waals surface area contributed by atoms with Gasteiger partial charge in [-0.3, -0.25) is 14.4 Å². The van der Waals surface area contributed by atoms with Gasteiger partial charge >= 0.3 is 17.9 Å². The third-order valence-electron chi connectivity index (χ3n) is 13.7. The van der Waals surface area contributed by atoms with E-state index in [1.807, 2.05) is 0 Å². The van der Waals surface area contributed by atoms with Crippen LogP contribution in [0, 0.1) is 0 Å². The Morgan fingerprint density at radius 3 is 0.833 bits per heavy atom. The molecule has 0 heterocycles. The molecule has 0 aromatic carbocycles. The quantitative estimate of drug-likeness (QED) is 0.0261. The maximum atomic E-state index is 12.9. The first kappa shape index (κ1) is 73.8. The first-order valence-corrected chi connectivity index (χ1v) is 32.5. The van der Waals surface area contributed by atoms with Gasteiger partial charge in [-0.2, -0.15) is 0 Å². The highest BCUT2D eigenvalue weighted by Gasteiger charge is 2.19. The lowest BCUT2D eigenvalue weighted by atomic mass is 10.0. The van der Waals surface area contributed by atoms with E-state index in [0.717, 1.165) is 141 Å². The summed E-state index contributed by atoms with van der Waals surface area (Å²) in [5, 5.41) is 0. The molecule has 6 heteroatoms. The Balaban J connectivity index is 4.28. The van der Waals surface area contributed by atoms with Gasteiger partial charge in [-0.05, 0) is 109 Å². The van der Waals surface area contributed by atoms with E-state index in [4.69, 9.17) is 14.2 Å². The molecule has 0 radical (unpaired) electrons. The van der Waals surface area contributed by atoms with E-state index in [1.165, 1.54) is 116 Å². The average Bonchev–Trinajstić information content (AvgIpc) is 3.44. The molecule has 0 saturated carbocycles. The third kappa shape index (κ3) is 62.7. The van der Waals surface area contributed by atoms with Gasteiger partial charge < -0.3 is 14.2 Å². The normalized spacial score (nSPS) is 12.9. The molecule has 0 bridgehead atoms. The summed E-state index contributed by atoms with van der Waals surface area (Å²) in [5.41, 5.74) is 0. The molecular formula is C72H120O6. The number of esters is 3. The summed E-state index contributed by atoms with van der Waals surface area (Å²) in [6, 6.07) is 0. The Labute approximate surface area is 482 Å². The van der Waals surface area contributed by atoms with Crippen molar-refractivity contribution in [2.45, 2.75) is 303 Å². The lowest BCUT2D eigenvalue weighted by molar-refractivity contribution is -0.167. The minimum atomic E-state index is -0.790. The Morgan fingerprint density at radius 2 is 0.513 bits per heavy atom. The molecule has 0 aliphatic heterocycles. The minimum Gasteiger partial charge on any atom is -0.462 e. The van der Waals surface area contributed by atoms with Crippen molar-refractivity contribution in [1.29, 1.82) is 0 Å². The number of unbranched alkanes of at least 4 members (excludes halogenated alkanes) is 27. The van der Waals surface area contributed by atoms with Gasteiger partial charge in [-0.25, -0.2) is 0 Å². The third-order valence-corrected chi connectivity index (χ3v) is 13.7. The van der Waals surface area contributed by atoms with Crippen LogP contribution in [0.4, 0.5) is 0 Å². The first-order valence-electron chi connectivity index (χ1n) is 32.5. The zero-order valence-electron chi connectivity index (χ0n) is 50.9. The molecule has 0 aliphatic rings. The number of allylic oxidation sites excluding steroid dienone is 20. The summed E-state index contributed by atoms with van der Waals surface area (Å²) in [6.45, 7) is 6.48. The van der Waals surface area contributed by atoms with E-state index in [9.17, 15) is 14.4 Å². The molecule has 0 N–H and O–H groups in total. The zero-order chi connectivity index (χ0) is 56.4. The molecule has 0 saturated heterocycles.